The zero-order valence-corrected chi connectivity index (χ0v) is 27.2. The van der Waals surface area contributed by atoms with E-state index < -0.39 is 6.09 Å². The molecule has 0 unspecified atom stereocenters. The molecule has 5 aromatic rings. The molecule has 6 nitrogen and oxygen atoms in total. The molecule has 4 aromatic carbocycles. The number of benzene rings is 4. The first-order valence-corrected chi connectivity index (χ1v) is 15.4. The van der Waals surface area contributed by atoms with Crippen LogP contribution in [0.2, 0.25) is 5.02 Å². The van der Waals surface area contributed by atoms with Crippen molar-refractivity contribution in [3.63, 3.8) is 0 Å². The predicted octanol–water partition coefficient (Wildman–Crippen LogP) is 9.50. The number of anilines is 1. The summed E-state index contributed by atoms with van der Waals surface area (Å²) in [5, 5.41) is 3.31. The lowest BCUT2D eigenvalue weighted by Gasteiger charge is -2.22. The number of amides is 1. The van der Waals surface area contributed by atoms with Gasteiger partial charge in [-0.25, -0.2) is 9.78 Å². The van der Waals surface area contributed by atoms with Gasteiger partial charge in [0.1, 0.15) is 0 Å². The average Bonchev–Trinajstić information content (AvgIpc) is 3.39. The van der Waals surface area contributed by atoms with E-state index in [1.807, 2.05) is 54.2 Å². The highest BCUT2D eigenvalue weighted by atomic mass is 35.5. The normalized spacial score (nSPS) is 12.5. The van der Waals surface area contributed by atoms with Crippen LogP contribution in [-0.4, -0.2) is 48.7 Å². The summed E-state index contributed by atoms with van der Waals surface area (Å²) in [6.07, 6.45) is 2.83. The Bertz CT molecular complexity index is 1730. The molecule has 1 aromatic heterocycles. The van der Waals surface area contributed by atoms with Gasteiger partial charge in [0.05, 0.1) is 18.1 Å². The molecule has 0 atom stereocenters. The molecule has 222 valence electrons. The smallest absolute Gasteiger partial charge is 0.413 e. The van der Waals surface area contributed by atoms with Gasteiger partial charge in [-0.1, -0.05) is 77.6 Å². The Labute approximate surface area is 271 Å². The third-order valence-electron chi connectivity index (χ3n) is 6.39. The van der Waals surface area contributed by atoms with Gasteiger partial charge < -0.3 is 14.6 Å². The first-order chi connectivity index (χ1) is 20.4. The van der Waals surface area contributed by atoms with Crippen LogP contribution in [-0.2, 0) is 4.74 Å². The first-order valence-electron chi connectivity index (χ1n) is 13.4. The molecule has 0 radical (unpaired) electrons. The number of methoxy groups -OCH3 is 1. The summed E-state index contributed by atoms with van der Waals surface area (Å²) in [5.41, 5.74) is 5.53. The van der Waals surface area contributed by atoms with Crippen LogP contribution in [0.5, 0.6) is 0 Å². The number of ether oxygens (including phenoxy) is 1. The lowest BCUT2D eigenvalue weighted by molar-refractivity contribution is 0.186. The number of carbonyl (C=O) groups is 1. The summed E-state index contributed by atoms with van der Waals surface area (Å²) in [6.45, 7) is 1.05. The summed E-state index contributed by atoms with van der Waals surface area (Å²) in [6, 6.07) is 30.8. The minimum Gasteiger partial charge on any atom is -0.453 e. The predicted molar refractivity (Wildman–Crippen MR) is 182 cm³/mol. The van der Waals surface area contributed by atoms with E-state index in [9.17, 15) is 4.79 Å². The van der Waals surface area contributed by atoms with Crippen molar-refractivity contribution < 1.29 is 9.53 Å². The molecule has 0 aliphatic carbocycles. The van der Waals surface area contributed by atoms with Crippen molar-refractivity contribution in [1.82, 2.24) is 14.9 Å². The van der Waals surface area contributed by atoms with E-state index in [2.05, 4.69) is 93.6 Å². The highest BCUT2D eigenvalue weighted by molar-refractivity contribution is 7.99. The monoisotopic (exact) mass is 650 g/mol. The Morgan fingerprint density at radius 2 is 1.72 bits per heavy atom. The van der Waals surface area contributed by atoms with Gasteiger partial charge in [-0.3, -0.25) is 5.32 Å². The molecular formula is C33H32Cl2N4O2S2. The lowest BCUT2D eigenvalue weighted by Crippen LogP contribution is -2.12. The number of fused-ring (bicyclic) bond motifs is 3. The fourth-order valence-electron chi connectivity index (χ4n) is 4.41. The summed E-state index contributed by atoms with van der Waals surface area (Å²) in [4.78, 5) is 25.6. The molecule has 0 bridgehead atoms. The molecule has 2 heterocycles. The van der Waals surface area contributed by atoms with Crippen molar-refractivity contribution >= 4 is 76.2 Å². The molecule has 6 rings (SSSR count). The van der Waals surface area contributed by atoms with Crippen molar-refractivity contribution in [1.29, 1.82) is 0 Å². The summed E-state index contributed by atoms with van der Waals surface area (Å²) < 4.78 is 4.54. The standard InChI is InChI=1S/C18H18ClNS.C15H13N3O2S.ClH/c1-20(2)11-5-7-14-15-6-3-4-8-17(15)21-18-10-9-13(19)12-16(14)18;1-20-15(19)18-14-16-12-8-7-11(9-13(12)17-14)21-10-5-3-2-4-6-10;/h3-4,6-10,12H,5,11H2,1-2H3;2-9H,1H3,(H2,16,17,18,19);1H. The minimum absolute atomic E-state index is 0. The van der Waals surface area contributed by atoms with Crippen molar-refractivity contribution in [2.45, 2.75) is 26.0 Å². The van der Waals surface area contributed by atoms with Crippen LogP contribution >= 0.6 is 47.5 Å². The van der Waals surface area contributed by atoms with Gasteiger partial charge in [0, 0.05) is 31.1 Å². The summed E-state index contributed by atoms with van der Waals surface area (Å²) in [7, 11) is 5.52. The molecular weight excluding hydrogens is 619 g/mol. The lowest BCUT2D eigenvalue weighted by atomic mass is 9.96. The van der Waals surface area contributed by atoms with E-state index >= 15 is 0 Å². The van der Waals surface area contributed by atoms with E-state index in [0.29, 0.717) is 5.95 Å². The molecule has 2 N–H and O–H groups in total. The van der Waals surface area contributed by atoms with Crippen LogP contribution in [0.25, 0.3) is 16.6 Å². The van der Waals surface area contributed by atoms with Crippen LogP contribution in [0.1, 0.15) is 17.5 Å². The molecule has 0 saturated heterocycles. The molecule has 1 amide bonds. The molecule has 43 heavy (non-hydrogen) atoms. The van der Waals surface area contributed by atoms with Gasteiger partial charge in [0.25, 0.3) is 0 Å². The van der Waals surface area contributed by atoms with E-state index in [1.54, 1.807) is 11.8 Å². The quantitative estimate of drug-likeness (QED) is 0.187. The number of imidazole rings is 1. The number of halogens is 2. The first kappa shape index (κ1) is 32.5. The van der Waals surface area contributed by atoms with Gasteiger partial charge >= 0.3 is 6.09 Å². The van der Waals surface area contributed by atoms with Crippen molar-refractivity contribution in [3.8, 4) is 0 Å². The second-order valence-electron chi connectivity index (χ2n) is 9.74. The van der Waals surface area contributed by atoms with Gasteiger partial charge in [0.15, 0.2) is 0 Å². The Kier molecular flexibility index (Phi) is 11.6. The maximum absolute atomic E-state index is 11.2. The maximum Gasteiger partial charge on any atom is 0.413 e. The molecule has 10 heteroatoms. The third-order valence-corrected chi connectivity index (χ3v) is 8.78. The summed E-state index contributed by atoms with van der Waals surface area (Å²) in [5.74, 6) is 0.374. The Morgan fingerprint density at radius 3 is 2.49 bits per heavy atom. The molecule has 1 aliphatic heterocycles. The topological polar surface area (TPSA) is 70.2 Å². The van der Waals surface area contributed by atoms with Gasteiger partial charge in [0.2, 0.25) is 5.95 Å². The van der Waals surface area contributed by atoms with Crippen LogP contribution < -0.4 is 5.32 Å². The molecule has 0 saturated carbocycles. The number of H-pyrrole nitrogens is 1. The van der Waals surface area contributed by atoms with E-state index in [4.69, 9.17) is 11.6 Å². The van der Waals surface area contributed by atoms with E-state index in [1.165, 1.54) is 38.5 Å². The number of nitrogens with one attached hydrogen (secondary N) is 2. The summed E-state index contributed by atoms with van der Waals surface area (Å²) >= 11 is 9.70. The number of aromatic nitrogens is 2. The molecule has 0 fully saturated rings. The highest BCUT2D eigenvalue weighted by Crippen LogP contribution is 2.46. The second-order valence-corrected chi connectivity index (χ2v) is 12.4. The number of hydrogen-bond acceptors (Lipinski definition) is 6. The highest BCUT2D eigenvalue weighted by Gasteiger charge is 2.20. The van der Waals surface area contributed by atoms with Gasteiger partial charge in [-0.05, 0) is 91.8 Å². The van der Waals surface area contributed by atoms with Crippen molar-refractivity contribution in [2.75, 3.05) is 33.1 Å². The Hall–Kier alpha value is -3.40. The number of nitrogens with zero attached hydrogens (tertiary/aromatic N) is 2. The number of hydrogen-bond donors (Lipinski definition) is 2. The number of aromatic amines is 1. The van der Waals surface area contributed by atoms with E-state index in [0.717, 1.165) is 33.9 Å². The van der Waals surface area contributed by atoms with Crippen LogP contribution in [0, 0.1) is 0 Å². The average molecular weight is 652 g/mol. The minimum atomic E-state index is -0.548. The molecule has 1 aliphatic rings. The van der Waals surface area contributed by atoms with Crippen LogP contribution in [0.15, 0.2) is 117 Å². The second kappa shape index (κ2) is 15.4. The van der Waals surface area contributed by atoms with Gasteiger partial charge in [-0.15, -0.1) is 12.4 Å². The zero-order valence-electron chi connectivity index (χ0n) is 24.0. The van der Waals surface area contributed by atoms with Crippen LogP contribution in [0.4, 0.5) is 10.7 Å². The number of carbonyl (C=O) groups excluding carboxylic acids is 1. The molecule has 0 spiro atoms. The third kappa shape index (κ3) is 8.59. The maximum atomic E-state index is 11.2. The number of rotatable bonds is 6. The van der Waals surface area contributed by atoms with Crippen molar-refractivity contribution in [3.05, 3.63) is 113 Å². The zero-order chi connectivity index (χ0) is 29.5. The van der Waals surface area contributed by atoms with Crippen LogP contribution in [0.3, 0.4) is 0 Å². The fourth-order valence-corrected chi connectivity index (χ4v) is 6.55. The fraction of sp³-hybridized carbons (Fsp3) is 0.152. The Morgan fingerprint density at radius 1 is 0.977 bits per heavy atom. The van der Waals surface area contributed by atoms with Crippen molar-refractivity contribution in [2.24, 2.45) is 0 Å². The van der Waals surface area contributed by atoms with Gasteiger partial charge in [-0.2, -0.15) is 0 Å². The van der Waals surface area contributed by atoms with E-state index in [-0.39, 0.29) is 12.4 Å². The SMILES string of the molecule is CN(C)CCC=C1c2ccccc2Sc2ccc(Cl)cc21.COC(=O)Nc1nc2ccc(Sc3ccccc3)cc2[nH]1.Cl. The largest absolute Gasteiger partial charge is 0.453 e. The Balaban J connectivity index is 0.000000192.